The Morgan fingerprint density at radius 1 is 0.967 bits per heavy atom. The van der Waals surface area contributed by atoms with Crippen molar-refractivity contribution in [2.24, 2.45) is 5.10 Å². The van der Waals surface area contributed by atoms with Crippen molar-refractivity contribution in [3.63, 3.8) is 0 Å². The van der Waals surface area contributed by atoms with E-state index in [0.29, 0.717) is 6.42 Å². The largest absolute Gasteiger partial charge is 0.497 e. The first-order chi connectivity index (χ1) is 14.7. The predicted octanol–water partition coefficient (Wildman–Crippen LogP) is 3.78. The van der Waals surface area contributed by atoms with Crippen LogP contribution in [0.4, 0.5) is 0 Å². The van der Waals surface area contributed by atoms with Gasteiger partial charge in [-0.1, -0.05) is 42.5 Å². The number of ether oxygens (including phenoxy) is 1. The lowest BCUT2D eigenvalue weighted by Gasteiger charge is -2.23. The monoisotopic (exact) mass is 405 g/mol. The first-order valence-electron chi connectivity index (χ1n) is 10.5. The number of rotatable bonds is 6. The second-order valence-electron chi connectivity index (χ2n) is 7.73. The van der Waals surface area contributed by atoms with E-state index >= 15 is 0 Å². The van der Waals surface area contributed by atoms with Crippen LogP contribution in [0.25, 0.3) is 0 Å². The highest BCUT2D eigenvalue weighted by atomic mass is 16.5. The molecule has 2 aliphatic heterocycles. The predicted molar refractivity (Wildman–Crippen MR) is 115 cm³/mol. The van der Waals surface area contributed by atoms with Gasteiger partial charge in [-0.05, 0) is 36.1 Å². The van der Waals surface area contributed by atoms with E-state index in [0.717, 1.165) is 48.5 Å². The van der Waals surface area contributed by atoms with Crippen molar-refractivity contribution in [1.82, 2.24) is 9.91 Å². The minimum absolute atomic E-state index is 0.0632. The molecule has 0 radical (unpaired) electrons. The van der Waals surface area contributed by atoms with Crippen molar-refractivity contribution >= 4 is 17.5 Å². The topological polar surface area (TPSA) is 62.2 Å². The minimum atomic E-state index is -0.180. The van der Waals surface area contributed by atoms with Gasteiger partial charge in [-0.25, -0.2) is 5.01 Å². The van der Waals surface area contributed by atoms with Gasteiger partial charge in [0.2, 0.25) is 11.8 Å². The third kappa shape index (κ3) is 4.37. The van der Waals surface area contributed by atoms with Crippen LogP contribution in [0.1, 0.15) is 49.3 Å². The van der Waals surface area contributed by atoms with Gasteiger partial charge in [0.05, 0.1) is 18.9 Å². The lowest BCUT2D eigenvalue weighted by molar-refractivity contribution is -0.137. The van der Waals surface area contributed by atoms with Crippen LogP contribution in [0.5, 0.6) is 5.75 Å². The molecule has 0 N–H and O–H groups in total. The number of carbonyl (C=O) groups excluding carboxylic acids is 2. The van der Waals surface area contributed by atoms with Gasteiger partial charge >= 0.3 is 0 Å². The molecule has 4 rings (SSSR count). The fraction of sp³-hybridized carbons (Fsp3) is 0.375. The summed E-state index contributed by atoms with van der Waals surface area (Å²) in [7, 11) is 1.63. The number of likely N-dealkylation sites (tertiary alicyclic amines) is 1. The average molecular weight is 405 g/mol. The Balaban J connectivity index is 1.52. The summed E-state index contributed by atoms with van der Waals surface area (Å²) in [6, 6.07) is 17.5. The number of hydrogen-bond donors (Lipinski definition) is 0. The quantitative estimate of drug-likeness (QED) is 0.735. The van der Waals surface area contributed by atoms with Gasteiger partial charge in [0.15, 0.2) is 0 Å². The Morgan fingerprint density at radius 3 is 2.30 bits per heavy atom. The maximum Gasteiger partial charge on any atom is 0.243 e. The van der Waals surface area contributed by atoms with Crippen molar-refractivity contribution in [3.05, 3.63) is 65.7 Å². The lowest BCUT2D eigenvalue weighted by atomic mass is 9.98. The first-order valence-corrected chi connectivity index (χ1v) is 10.5. The molecule has 2 aromatic rings. The van der Waals surface area contributed by atoms with Crippen LogP contribution in [-0.4, -0.2) is 47.6 Å². The van der Waals surface area contributed by atoms with Gasteiger partial charge in [0, 0.05) is 32.4 Å². The molecule has 0 bridgehead atoms. The van der Waals surface area contributed by atoms with Crippen molar-refractivity contribution in [3.8, 4) is 5.75 Å². The maximum atomic E-state index is 13.1. The van der Waals surface area contributed by atoms with E-state index in [1.165, 1.54) is 0 Å². The second kappa shape index (κ2) is 9.11. The number of amides is 2. The van der Waals surface area contributed by atoms with Gasteiger partial charge in [0.1, 0.15) is 5.75 Å². The molecule has 0 aromatic heterocycles. The normalized spacial score (nSPS) is 18.4. The van der Waals surface area contributed by atoms with E-state index in [1.807, 2.05) is 59.5 Å². The molecule has 2 aromatic carbocycles. The zero-order valence-corrected chi connectivity index (χ0v) is 17.3. The molecule has 1 atom stereocenters. The number of benzene rings is 2. The van der Waals surface area contributed by atoms with Gasteiger partial charge in [-0.2, -0.15) is 5.10 Å². The molecule has 1 fully saturated rings. The highest BCUT2D eigenvalue weighted by Crippen LogP contribution is 2.34. The van der Waals surface area contributed by atoms with Crippen LogP contribution in [0.15, 0.2) is 59.7 Å². The molecule has 2 aliphatic rings. The van der Waals surface area contributed by atoms with Crippen LogP contribution in [-0.2, 0) is 9.59 Å². The molecule has 156 valence electrons. The molecule has 6 heteroatoms. The molecular formula is C24H27N3O3. The summed E-state index contributed by atoms with van der Waals surface area (Å²) in [4.78, 5) is 27.3. The molecule has 1 saturated heterocycles. The summed E-state index contributed by atoms with van der Waals surface area (Å²) in [5, 5.41) is 6.25. The number of carbonyl (C=O) groups is 2. The smallest absolute Gasteiger partial charge is 0.243 e. The zero-order valence-electron chi connectivity index (χ0n) is 17.3. The number of hydrogen-bond acceptors (Lipinski definition) is 4. The van der Waals surface area contributed by atoms with E-state index in [9.17, 15) is 9.59 Å². The van der Waals surface area contributed by atoms with E-state index in [-0.39, 0.29) is 30.7 Å². The fourth-order valence-electron chi connectivity index (χ4n) is 4.08. The van der Waals surface area contributed by atoms with Crippen LogP contribution >= 0.6 is 0 Å². The van der Waals surface area contributed by atoms with Crippen LogP contribution in [0, 0.1) is 0 Å². The Kier molecular flexibility index (Phi) is 6.12. The van der Waals surface area contributed by atoms with Gasteiger partial charge in [-0.15, -0.1) is 0 Å². The Bertz CT molecular complexity index is 918. The van der Waals surface area contributed by atoms with Gasteiger partial charge in [-0.3, -0.25) is 9.59 Å². The molecule has 2 heterocycles. The Hall–Kier alpha value is -3.15. The van der Waals surface area contributed by atoms with Gasteiger partial charge in [0.25, 0.3) is 0 Å². The molecule has 6 nitrogen and oxygen atoms in total. The van der Waals surface area contributed by atoms with Gasteiger partial charge < -0.3 is 9.64 Å². The molecule has 0 spiro atoms. The van der Waals surface area contributed by atoms with Crippen LogP contribution in [0.2, 0.25) is 0 Å². The summed E-state index contributed by atoms with van der Waals surface area (Å²) in [5.41, 5.74) is 2.90. The van der Waals surface area contributed by atoms with E-state index in [4.69, 9.17) is 4.74 Å². The summed E-state index contributed by atoms with van der Waals surface area (Å²) in [5.74, 6) is 0.720. The fourth-order valence-corrected chi connectivity index (χ4v) is 4.08. The first kappa shape index (κ1) is 20.1. The summed E-state index contributed by atoms with van der Waals surface area (Å²) in [6.45, 7) is 1.61. The van der Waals surface area contributed by atoms with E-state index in [1.54, 1.807) is 12.1 Å². The summed E-state index contributed by atoms with van der Waals surface area (Å²) in [6.07, 6.45) is 3.16. The molecule has 0 unspecified atom stereocenters. The van der Waals surface area contributed by atoms with Crippen molar-refractivity contribution in [2.75, 3.05) is 20.2 Å². The summed E-state index contributed by atoms with van der Waals surface area (Å²) < 4.78 is 5.26. The van der Waals surface area contributed by atoms with Crippen LogP contribution < -0.4 is 4.74 Å². The van der Waals surface area contributed by atoms with E-state index in [2.05, 4.69) is 5.10 Å². The highest BCUT2D eigenvalue weighted by molar-refractivity contribution is 6.03. The number of nitrogens with zero attached hydrogens (tertiary/aromatic N) is 3. The maximum absolute atomic E-state index is 13.1. The van der Waals surface area contributed by atoms with Crippen molar-refractivity contribution in [2.45, 2.75) is 38.1 Å². The summed E-state index contributed by atoms with van der Waals surface area (Å²) >= 11 is 0. The SMILES string of the molecule is COc1ccc([C@@H]2CC(c3ccccc3)=NN2C(=O)CCC(=O)N2CCCC2)cc1. The lowest BCUT2D eigenvalue weighted by Crippen LogP contribution is -2.31. The second-order valence-corrected chi connectivity index (χ2v) is 7.73. The zero-order chi connectivity index (χ0) is 20.9. The van der Waals surface area contributed by atoms with E-state index < -0.39 is 0 Å². The number of methoxy groups -OCH3 is 1. The molecule has 0 saturated carbocycles. The average Bonchev–Trinajstić information content (AvgIpc) is 3.48. The Morgan fingerprint density at radius 2 is 1.63 bits per heavy atom. The molecule has 30 heavy (non-hydrogen) atoms. The number of hydrazone groups is 1. The highest BCUT2D eigenvalue weighted by Gasteiger charge is 2.33. The minimum Gasteiger partial charge on any atom is -0.497 e. The molecule has 2 amide bonds. The Labute approximate surface area is 177 Å². The van der Waals surface area contributed by atoms with Crippen molar-refractivity contribution in [1.29, 1.82) is 0 Å². The van der Waals surface area contributed by atoms with Crippen LogP contribution in [0.3, 0.4) is 0 Å². The van der Waals surface area contributed by atoms with Crippen molar-refractivity contribution < 1.29 is 14.3 Å². The molecule has 0 aliphatic carbocycles. The third-order valence-electron chi connectivity index (χ3n) is 5.78. The standard InChI is InChI=1S/C24H27N3O3/c1-30-20-11-9-19(10-12-20)22-17-21(18-7-3-2-4-8-18)25-27(22)24(29)14-13-23(28)26-15-5-6-16-26/h2-4,7-12,22H,5-6,13-17H2,1H3/t22-/m0/s1. The third-order valence-corrected chi connectivity index (χ3v) is 5.78. The molecular weight excluding hydrogens is 378 g/mol.